The molecule has 176 valence electrons. The molecule has 1 aliphatic heterocycles. The number of piperazine rings is 1. The van der Waals surface area contributed by atoms with Crippen LogP contribution in [0.3, 0.4) is 0 Å². The summed E-state index contributed by atoms with van der Waals surface area (Å²) in [7, 11) is 0. The molecular formula is C28H32N4O2. The number of carbonyl (C=O) groups excluding carboxylic acids is 1. The van der Waals surface area contributed by atoms with E-state index < -0.39 is 0 Å². The first kappa shape index (κ1) is 22.6. The van der Waals surface area contributed by atoms with Crippen LogP contribution in [0, 0.1) is 0 Å². The predicted molar refractivity (Wildman–Crippen MR) is 134 cm³/mol. The molecular weight excluding hydrogens is 424 g/mol. The Morgan fingerprint density at radius 2 is 1.62 bits per heavy atom. The third-order valence-corrected chi connectivity index (χ3v) is 6.80. The number of carbonyl (C=O) groups is 1. The lowest BCUT2D eigenvalue weighted by Crippen LogP contribution is -2.47. The SMILES string of the molecule is O=C(COc1cccnc1)NCCCCN1CCN(C2c3ccccc3-c3ccccc32)CC1. The fourth-order valence-electron chi connectivity index (χ4n) is 5.09. The lowest BCUT2D eigenvalue weighted by Gasteiger charge is -2.38. The van der Waals surface area contributed by atoms with Gasteiger partial charge in [0, 0.05) is 38.9 Å². The Morgan fingerprint density at radius 3 is 2.29 bits per heavy atom. The van der Waals surface area contributed by atoms with E-state index in [0.29, 0.717) is 18.3 Å². The summed E-state index contributed by atoms with van der Waals surface area (Å²) in [6.07, 6.45) is 5.35. The number of rotatable bonds is 9. The number of fused-ring (bicyclic) bond motifs is 3. The van der Waals surface area contributed by atoms with Crippen LogP contribution in [0.1, 0.15) is 30.0 Å². The van der Waals surface area contributed by atoms with Gasteiger partial charge in [-0.2, -0.15) is 0 Å². The van der Waals surface area contributed by atoms with Crippen LogP contribution < -0.4 is 10.1 Å². The minimum absolute atomic E-state index is 0.0288. The Bertz CT molecular complexity index is 1050. The van der Waals surface area contributed by atoms with E-state index in [-0.39, 0.29) is 12.5 Å². The molecule has 0 saturated carbocycles. The minimum Gasteiger partial charge on any atom is -0.482 e. The van der Waals surface area contributed by atoms with Gasteiger partial charge in [-0.3, -0.25) is 14.7 Å². The molecule has 1 saturated heterocycles. The summed E-state index contributed by atoms with van der Waals surface area (Å²) in [6.45, 7) is 6.13. The number of amides is 1. The van der Waals surface area contributed by atoms with Crippen molar-refractivity contribution in [2.75, 3.05) is 45.9 Å². The van der Waals surface area contributed by atoms with Gasteiger partial charge in [0.2, 0.25) is 0 Å². The van der Waals surface area contributed by atoms with Gasteiger partial charge in [0.15, 0.2) is 6.61 Å². The van der Waals surface area contributed by atoms with Crippen molar-refractivity contribution in [3.63, 3.8) is 0 Å². The van der Waals surface area contributed by atoms with E-state index in [4.69, 9.17) is 4.74 Å². The molecule has 3 aromatic rings. The highest BCUT2D eigenvalue weighted by atomic mass is 16.5. The Kier molecular flexibility index (Phi) is 7.17. The molecule has 5 rings (SSSR count). The van der Waals surface area contributed by atoms with Crippen molar-refractivity contribution in [2.45, 2.75) is 18.9 Å². The molecule has 0 radical (unpaired) electrons. The smallest absolute Gasteiger partial charge is 0.257 e. The summed E-state index contributed by atoms with van der Waals surface area (Å²) in [5.41, 5.74) is 5.66. The number of unbranched alkanes of at least 4 members (excludes halogenated alkanes) is 1. The van der Waals surface area contributed by atoms with E-state index in [1.807, 2.05) is 0 Å². The van der Waals surface area contributed by atoms with Crippen molar-refractivity contribution in [3.8, 4) is 16.9 Å². The van der Waals surface area contributed by atoms with Crippen LogP contribution in [0.4, 0.5) is 0 Å². The predicted octanol–water partition coefficient (Wildman–Crippen LogP) is 3.74. The molecule has 2 aromatic carbocycles. The van der Waals surface area contributed by atoms with Gasteiger partial charge < -0.3 is 15.0 Å². The third kappa shape index (κ3) is 5.13. The highest BCUT2D eigenvalue weighted by Crippen LogP contribution is 2.46. The van der Waals surface area contributed by atoms with E-state index in [1.54, 1.807) is 24.5 Å². The van der Waals surface area contributed by atoms with Gasteiger partial charge in [-0.25, -0.2) is 0 Å². The molecule has 0 bridgehead atoms. The number of hydrogen-bond acceptors (Lipinski definition) is 5. The van der Waals surface area contributed by atoms with Gasteiger partial charge in [-0.15, -0.1) is 0 Å². The summed E-state index contributed by atoms with van der Waals surface area (Å²) < 4.78 is 5.43. The fraction of sp³-hybridized carbons (Fsp3) is 0.357. The Hall–Kier alpha value is -3.22. The van der Waals surface area contributed by atoms with Crippen LogP contribution >= 0.6 is 0 Å². The Labute approximate surface area is 201 Å². The largest absolute Gasteiger partial charge is 0.482 e. The lowest BCUT2D eigenvalue weighted by atomic mass is 10.0. The monoisotopic (exact) mass is 456 g/mol. The summed E-state index contributed by atoms with van der Waals surface area (Å²) >= 11 is 0. The molecule has 6 nitrogen and oxygen atoms in total. The van der Waals surface area contributed by atoms with Crippen LogP contribution in [-0.4, -0.2) is 66.6 Å². The van der Waals surface area contributed by atoms with Gasteiger partial charge in [0.25, 0.3) is 5.91 Å². The molecule has 1 amide bonds. The summed E-state index contributed by atoms with van der Waals surface area (Å²) in [4.78, 5) is 21.1. The van der Waals surface area contributed by atoms with E-state index >= 15 is 0 Å². The zero-order valence-corrected chi connectivity index (χ0v) is 19.5. The zero-order valence-electron chi connectivity index (χ0n) is 19.5. The van der Waals surface area contributed by atoms with Crippen molar-refractivity contribution in [1.82, 2.24) is 20.1 Å². The molecule has 6 heteroatoms. The van der Waals surface area contributed by atoms with Crippen molar-refractivity contribution in [2.24, 2.45) is 0 Å². The Morgan fingerprint density at radius 1 is 0.912 bits per heavy atom. The summed E-state index contributed by atoms with van der Waals surface area (Å²) in [6, 6.07) is 21.7. The minimum atomic E-state index is -0.0883. The number of hydrogen-bond donors (Lipinski definition) is 1. The summed E-state index contributed by atoms with van der Waals surface area (Å²) in [5.74, 6) is 0.524. The second-order valence-electron chi connectivity index (χ2n) is 8.99. The first-order valence-corrected chi connectivity index (χ1v) is 12.2. The zero-order chi connectivity index (χ0) is 23.2. The fourth-order valence-corrected chi connectivity index (χ4v) is 5.09. The Balaban J connectivity index is 1.03. The first-order chi connectivity index (χ1) is 16.8. The van der Waals surface area contributed by atoms with E-state index in [0.717, 1.165) is 45.6 Å². The normalized spacial score (nSPS) is 16.1. The number of pyridine rings is 1. The average Bonchev–Trinajstić information content (AvgIpc) is 3.23. The van der Waals surface area contributed by atoms with Gasteiger partial charge in [0.05, 0.1) is 12.2 Å². The molecule has 0 spiro atoms. The van der Waals surface area contributed by atoms with Crippen molar-refractivity contribution < 1.29 is 9.53 Å². The topological polar surface area (TPSA) is 57.7 Å². The van der Waals surface area contributed by atoms with Crippen LogP contribution in [0.2, 0.25) is 0 Å². The van der Waals surface area contributed by atoms with Crippen molar-refractivity contribution in [1.29, 1.82) is 0 Å². The van der Waals surface area contributed by atoms with Crippen LogP contribution in [-0.2, 0) is 4.79 Å². The van der Waals surface area contributed by atoms with Gasteiger partial charge in [-0.1, -0.05) is 48.5 Å². The maximum Gasteiger partial charge on any atom is 0.257 e. The average molecular weight is 457 g/mol. The standard InChI is InChI=1S/C28H32N4O2/c33-27(21-34-22-8-7-13-29-20-22)30-14-5-6-15-31-16-18-32(19-17-31)28-25-11-3-1-9-23(25)24-10-2-4-12-26(24)28/h1-4,7-13,20,28H,5-6,14-19,21H2,(H,30,33). The van der Waals surface area contributed by atoms with Gasteiger partial charge in [0.1, 0.15) is 5.75 Å². The van der Waals surface area contributed by atoms with E-state index in [1.165, 1.54) is 22.3 Å². The van der Waals surface area contributed by atoms with Gasteiger partial charge in [-0.05, 0) is 53.8 Å². The number of nitrogens with one attached hydrogen (secondary N) is 1. The van der Waals surface area contributed by atoms with Crippen LogP contribution in [0.5, 0.6) is 5.75 Å². The van der Waals surface area contributed by atoms with Crippen LogP contribution in [0.15, 0.2) is 73.1 Å². The van der Waals surface area contributed by atoms with Crippen molar-refractivity contribution >= 4 is 5.91 Å². The summed E-state index contributed by atoms with van der Waals surface area (Å²) in [5, 5.41) is 2.94. The van der Waals surface area contributed by atoms with Crippen molar-refractivity contribution in [3.05, 3.63) is 84.2 Å². The number of ether oxygens (including phenoxy) is 1. The van der Waals surface area contributed by atoms with Gasteiger partial charge >= 0.3 is 0 Å². The molecule has 0 atom stereocenters. The quantitative estimate of drug-likeness (QED) is 0.497. The highest BCUT2D eigenvalue weighted by molar-refractivity contribution is 5.78. The molecule has 2 aliphatic rings. The number of benzene rings is 2. The highest BCUT2D eigenvalue weighted by Gasteiger charge is 2.33. The molecule has 1 fully saturated rings. The molecule has 1 aliphatic carbocycles. The third-order valence-electron chi connectivity index (χ3n) is 6.80. The number of aromatic nitrogens is 1. The van der Waals surface area contributed by atoms with E-state index in [2.05, 4.69) is 68.6 Å². The first-order valence-electron chi connectivity index (χ1n) is 12.2. The second kappa shape index (κ2) is 10.8. The molecule has 1 N–H and O–H groups in total. The molecule has 34 heavy (non-hydrogen) atoms. The maximum absolute atomic E-state index is 11.9. The molecule has 0 unspecified atom stereocenters. The number of nitrogens with zero attached hydrogens (tertiary/aromatic N) is 3. The molecule has 2 heterocycles. The second-order valence-corrected chi connectivity index (χ2v) is 8.99. The lowest BCUT2D eigenvalue weighted by molar-refractivity contribution is -0.123. The van der Waals surface area contributed by atoms with E-state index in [9.17, 15) is 4.79 Å². The van der Waals surface area contributed by atoms with Crippen LogP contribution in [0.25, 0.3) is 11.1 Å². The molecule has 1 aromatic heterocycles. The maximum atomic E-state index is 11.9.